The zero-order valence-corrected chi connectivity index (χ0v) is 13.2. The minimum absolute atomic E-state index is 0.297. The van der Waals surface area contributed by atoms with Gasteiger partial charge in [0.15, 0.2) is 5.96 Å². The number of aliphatic imine (C=N–C) groups is 1. The highest BCUT2D eigenvalue weighted by molar-refractivity contribution is 6.31. The number of guanidine groups is 1. The minimum atomic E-state index is -0.683. The van der Waals surface area contributed by atoms with Crippen molar-refractivity contribution in [2.24, 2.45) is 4.99 Å². The van der Waals surface area contributed by atoms with Crippen LogP contribution in [0.4, 0.5) is 0 Å². The zero-order valence-electron chi connectivity index (χ0n) is 12.5. The number of nitrogens with zero attached hydrogens (tertiary/aromatic N) is 1. The van der Waals surface area contributed by atoms with E-state index in [0.717, 1.165) is 18.1 Å². The first-order chi connectivity index (χ1) is 10.2. The maximum atomic E-state index is 10.2. The Hall–Kier alpha value is -1.26. The van der Waals surface area contributed by atoms with Crippen LogP contribution in [0.15, 0.2) is 29.3 Å². The van der Waals surface area contributed by atoms with Gasteiger partial charge in [0.2, 0.25) is 0 Å². The molecule has 1 unspecified atom stereocenters. The monoisotopic (exact) mass is 309 g/mol. The van der Waals surface area contributed by atoms with Crippen molar-refractivity contribution in [3.8, 4) is 0 Å². The summed E-state index contributed by atoms with van der Waals surface area (Å²) in [6, 6.07) is 7.84. The fourth-order valence-electron chi connectivity index (χ4n) is 2.60. The molecule has 0 amide bonds. The van der Waals surface area contributed by atoms with Crippen LogP contribution in [-0.4, -0.2) is 30.2 Å². The lowest BCUT2D eigenvalue weighted by molar-refractivity contribution is 0.187. The summed E-state index contributed by atoms with van der Waals surface area (Å²) >= 11 is 6.09. The molecule has 0 aromatic heterocycles. The third-order valence-electron chi connectivity index (χ3n) is 3.73. The second-order valence-electron chi connectivity index (χ2n) is 5.38. The van der Waals surface area contributed by atoms with E-state index >= 15 is 0 Å². The first kappa shape index (κ1) is 16.1. The molecule has 0 bridgehead atoms. The van der Waals surface area contributed by atoms with Gasteiger partial charge in [-0.05, 0) is 25.8 Å². The van der Waals surface area contributed by atoms with E-state index in [1.807, 2.05) is 25.1 Å². The zero-order chi connectivity index (χ0) is 15.1. The lowest BCUT2D eigenvalue weighted by Crippen LogP contribution is -2.42. The summed E-state index contributed by atoms with van der Waals surface area (Å²) in [5.41, 5.74) is 0.722. The first-order valence-corrected chi connectivity index (χ1v) is 8.06. The Kier molecular flexibility index (Phi) is 6.33. The van der Waals surface area contributed by atoms with Crippen molar-refractivity contribution < 1.29 is 5.11 Å². The topological polar surface area (TPSA) is 56.7 Å². The number of aliphatic hydroxyl groups is 1. The van der Waals surface area contributed by atoms with Gasteiger partial charge in [-0.25, -0.2) is 0 Å². The lowest BCUT2D eigenvalue weighted by Gasteiger charge is -2.17. The van der Waals surface area contributed by atoms with Gasteiger partial charge in [0.05, 0.1) is 6.54 Å². The number of aliphatic hydroxyl groups excluding tert-OH is 1. The molecule has 1 aliphatic carbocycles. The van der Waals surface area contributed by atoms with Crippen LogP contribution < -0.4 is 10.6 Å². The largest absolute Gasteiger partial charge is 0.386 e. The van der Waals surface area contributed by atoms with Crippen LogP contribution in [0.5, 0.6) is 0 Å². The second kappa shape index (κ2) is 8.25. The molecule has 0 aliphatic heterocycles. The Morgan fingerprint density at radius 2 is 2.10 bits per heavy atom. The van der Waals surface area contributed by atoms with Gasteiger partial charge in [-0.2, -0.15) is 0 Å². The van der Waals surface area contributed by atoms with Gasteiger partial charge in [-0.3, -0.25) is 4.99 Å². The molecule has 3 N–H and O–H groups in total. The van der Waals surface area contributed by atoms with Crippen LogP contribution in [0.2, 0.25) is 5.02 Å². The molecule has 0 heterocycles. The van der Waals surface area contributed by atoms with E-state index in [-0.39, 0.29) is 0 Å². The van der Waals surface area contributed by atoms with Crippen molar-refractivity contribution in [3.63, 3.8) is 0 Å². The van der Waals surface area contributed by atoms with E-state index in [1.54, 1.807) is 6.07 Å². The molecule has 1 atom stereocenters. The van der Waals surface area contributed by atoms with Crippen molar-refractivity contribution in [1.29, 1.82) is 0 Å². The summed E-state index contributed by atoms with van der Waals surface area (Å²) in [5.74, 6) is 0.774. The van der Waals surface area contributed by atoms with Gasteiger partial charge in [0.25, 0.3) is 0 Å². The van der Waals surface area contributed by atoms with Gasteiger partial charge in [-0.1, -0.05) is 42.6 Å². The van der Waals surface area contributed by atoms with E-state index in [0.29, 0.717) is 17.6 Å². The molecule has 2 rings (SSSR count). The maximum Gasteiger partial charge on any atom is 0.191 e. The molecular weight excluding hydrogens is 286 g/mol. The molecule has 1 saturated carbocycles. The second-order valence-corrected chi connectivity index (χ2v) is 5.79. The van der Waals surface area contributed by atoms with E-state index < -0.39 is 6.10 Å². The van der Waals surface area contributed by atoms with Gasteiger partial charge < -0.3 is 15.7 Å². The smallest absolute Gasteiger partial charge is 0.191 e. The predicted octanol–water partition coefficient (Wildman–Crippen LogP) is 2.87. The predicted molar refractivity (Wildman–Crippen MR) is 87.8 cm³/mol. The van der Waals surface area contributed by atoms with E-state index in [2.05, 4.69) is 15.6 Å². The van der Waals surface area contributed by atoms with E-state index in [9.17, 15) is 5.11 Å². The van der Waals surface area contributed by atoms with Crippen LogP contribution in [-0.2, 0) is 0 Å². The van der Waals surface area contributed by atoms with E-state index in [4.69, 9.17) is 11.6 Å². The number of nitrogens with one attached hydrogen (secondary N) is 2. The van der Waals surface area contributed by atoms with Crippen LogP contribution in [0.1, 0.15) is 44.3 Å². The van der Waals surface area contributed by atoms with Crippen molar-refractivity contribution in [2.75, 3.05) is 13.1 Å². The van der Waals surface area contributed by atoms with Crippen LogP contribution in [0.3, 0.4) is 0 Å². The molecule has 1 aliphatic rings. The molecular formula is C16H24ClN3O. The fourth-order valence-corrected chi connectivity index (χ4v) is 2.87. The highest BCUT2D eigenvalue weighted by atomic mass is 35.5. The van der Waals surface area contributed by atoms with Crippen LogP contribution >= 0.6 is 11.6 Å². The Labute approximate surface area is 131 Å². The Bertz CT molecular complexity index is 472. The van der Waals surface area contributed by atoms with Crippen molar-refractivity contribution >= 4 is 17.6 Å². The van der Waals surface area contributed by atoms with Crippen molar-refractivity contribution in [1.82, 2.24) is 10.6 Å². The molecule has 1 aromatic rings. The Balaban J connectivity index is 1.96. The minimum Gasteiger partial charge on any atom is -0.386 e. The number of benzene rings is 1. The van der Waals surface area contributed by atoms with Crippen molar-refractivity contribution in [2.45, 2.75) is 44.8 Å². The van der Waals surface area contributed by atoms with E-state index in [1.165, 1.54) is 25.7 Å². The van der Waals surface area contributed by atoms with Crippen LogP contribution in [0, 0.1) is 0 Å². The number of hydrogen-bond acceptors (Lipinski definition) is 2. The molecule has 0 radical (unpaired) electrons. The number of rotatable bonds is 5. The molecule has 4 nitrogen and oxygen atoms in total. The fraction of sp³-hybridized carbons (Fsp3) is 0.562. The Morgan fingerprint density at radius 3 is 2.76 bits per heavy atom. The third-order valence-corrected chi connectivity index (χ3v) is 4.07. The summed E-state index contributed by atoms with van der Waals surface area (Å²) in [7, 11) is 0. The molecule has 5 heteroatoms. The van der Waals surface area contributed by atoms with Gasteiger partial charge in [-0.15, -0.1) is 0 Å². The normalized spacial score (nSPS) is 17.8. The van der Waals surface area contributed by atoms with Gasteiger partial charge in [0.1, 0.15) is 6.10 Å². The maximum absolute atomic E-state index is 10.2. The average molecular weight is 310 g/mol. The third kappa shape index (κ3) is 4.90. The molecule has 0 saturated heterocycles. The summed E-state index contributed by atoms with van der Waals surface area (Å²) in [5, 5.41) is 17.5. The lowest BCUT2D eigenvalue weighted by atomic mass is 10.1. The summed E-state index contributed by atoms with van der Waals surface area (Å²) < 4.78 is 0. The highest BCUT2D eigenvalue weighted by Crippen LogP contribution is 2.22. The van der Waals surface area contributed by atoms with Crippen LogP contribution in [0.25, 0.3) is 0 Å². The molecule has 1 fully saturated rings. The SMILES string of the molecule is CCNC(=NCC(O)c1ccccc1Cl)NC1CCCC1. The number of hydrogen-bond donors (Lipinski definition) is 3. The molecule has 21 heavy (non-hydrogen) atoms. The standard InChI is InChI=1S/C16H24ClN3O/c1-2-18-16(20-12-7-3-4-8-12)19-11-15(21)13-9-5-6-10-14(13)17/h5-6,9-10,12,15,21H,2-4,7-8,11H2,1H3,(H2,18,19,20). The number of halogens is 1. The van der Waals surface area contributed by atoms with Gasteiger partial charge >= 0.3 is 0 Å². The van der Waals surface area contributed by atoms with Gasteiger partial charge in [0, 0.05) is 23.2 Å². The summed E-state index contributed by atoms with van der Waals surface area (Å²) in [4.78, 5) is 4.48. The molecule has 116 valence electrons. The quantitative estimate of drug-likeness (QED) is 0.579. The molecule has 1 aromatic carbocycles. The first-order valence-electron chi connectivity index (χ1n) is 7.68. The average Bonchev–Trinajstić information content (AvgIpc) is 2.98. The Morgan fingerprint density at radius 1 is 1.38 bits per heavy atom. The summed E-state index contributed by atoms with van der Waals surface area (Å²) in [6.45, 7) is 3.14. The van der Waals surface area contributed by atoms with Crippen molar-refractivity contribution in [3.05, 3.63) is 34.9 Å². The highest BCUT2D eigenvalue weighted by Gasteiger charge is 2.16. The molecule has 0 spiro atoms. The summed E-state index contributed by atoms with van der Waals surface area (Å²) in [6.07, 6.45) is 4.26.